The minimum atomic E-state index is -0.422. The van der Waals surface area contributed by atoms with Crippen LogP contribution in [0, 0.1) is 0 Å². The van der Waals surface area contributed by atoms with Gasteiger partial charge in [0.25, 0.3) is 5.91 Å². The molecule has 3 aromatic carbocycles. The van der Waals surface area contributed by atoms with Crippen LogP contribution in [-0.2, 0) is 4.79 Å². The predicted octanol–water partition coefficient (Wildman–Crippen LogP) is 4.62. The number of nitrogens with zero attached hydrogens (tertiary/aromatic N) is 2. The third-order valence-corrected chi connectivity index (χ3v) is 5.38. The summed E-state index contributed by atoms with van der Waals surface area (Å²) < 4.78 is 16.2. The second kappa shape index (κ2) is 9.56. The fraction of sp³-hybridized carbons (Fsp3) is 0.192. The molecule has 4 rings (SSSR count). The molecular formula is C26H24N2O5. The van der Waals surface area contributed by atoms with E-state index in [1.165, 1.54) is 11.9 Å². The van der Waals surface area contributed by atoms with Crippen LogP contribution in [0.5, 0.6) is 17.2 Å². The van der Waals surface area contributed by atoms with Gasteiger partial charge in [-0.1, -0.05) is 36.4 Å². The molecule has 168 valence electrons. The van der Waals surface area contributed by atoms with E-state index in [1.54, 1.807) is 38.5 Å². The summed E-state index contributed by atoms with van der Waals surface area (Å²) in [4.78, 5) is 25.0. The number of hydrogen-bond donors (Lipinski definition) is 0. The number of hydrogen-bond acceptors (Lipinski definition) is 6. The third-order valence-electron chi connectivity index (χ3n) is 5.38. The molecule has 0 N–H and O–H groups in total. The van der Waals surface area contributed by atoms with Crippen LogP contribution in [0.2, 0.25) is 0 Å². The van der Waals surface area contributed by atoms with E-state index in [0.717, 1.165) is 5.56 Å². The molecule has 0 aromatic heterocycles. The monoisotopic (exact) mass is 444 g/mol. The molecule has 1 heterocycles. The SMILES string of the molecule is COc1ccc(C2CC(c3ccccc3OC(C)=O)=NN2C(=O)c2ccccc2)cc1OC. The van der Waals surface area contributed by atoms with Gasteiger partial charge in [0.1, 0.15) is 5.75 Å². The van der Waals surface area contributed by atoms with Gasteiger partial charge in [0.2, 0.25) is 0 Å². The largest absolute Gasteiger partial charge is 0.493 e. The number of rotatable bonds is 6. The Balaban J connectivity index is 1.78. The summed E-state index contributed by atoms with van der Waals surface area (Å²) in [5.41, 5.74) is 2.69. The molecule has 33 heavy (non-hydrogen) atoms. The van der Waals surface area contributed by atoms with Gasteiger partial charge in [0, 0.05) is 24.5 Å². The summed E-state index contributed by atoms with van der Waals surface area (Å²) in [6.07, 6.45) is 0.437. The molecule has 0 saturated heterocycles. The normalized spacial score (nSPS) is 15.1. The van der Waals surface area contributed by atoms with Crippen LogP contribution >= 0.6 is 0 Å². The smallest absolute Gasteiger partial charge is 0.308 e. The van der Waals surface area contributed by atoms with E-state index in [2.05, 4.69) is 0 Å². The molecule has 1 atom stereocenters. The van der Waals surface area contributed by atoms with Gasteiger partial charge in [-0.15, -0.1) is 0 Å². The van der Waals surface area contributed by atoms with E-state index >= 15 is 0 Å². The molecule has 1 aliphatic heterocycles. The zero-order valence-electron chi connectivity index (χ0n) is 18.6. The molecule has 0 saturated carbocycles. The molecule has 1 aliphatic rings. The van der Waals surface area contributed by atoms with Gasteiger partial charge in [-0.3, -0.25) is 9.59 Å². The third kappa shape index (κ3) is 4.57. The summed E-state index contributed by atoms with van der Waals surface area (Å²) in [5, 5.41) is 6.18. The van der Waals surface area contributed by atoms with Crippen molar-refractivity contribution in [2.75, 3.05) is 14.2 Å². The summed E-state index contributed by atoms with van der Waals surface area (Å²) in [6, 6.07) is 21.4. The van der Waals surface area contributed by atoms with Crippen molar-refractivity contribution in [3.05, 3.63) is 89.5 Å². The highest BCUT2D eigenvalue weighted by molar-refractivity contribution is 6.07. The molecular weight excluding hydrogens is 420 g/mol. The summed E-state index contributed by atoms with van der Waals surface area (Å²) in [5.74, 6) is 0.922. The predicted molar refractivity (Wildman–Crippen MR) is 124 cm³/mol. The molecule has 3 aromatic rings. The minimum Gasteiger partial charge on any atom is -0.493 e. The average Bonchev–Trinajstić information content (AvgIpc) is 3.29. The average molecular weight is 444 g/mol. The lowest BCUT2D eigenvalue weighted by Crippen LogP contribution is -2.27. The Labute approximate surface area is 192 Å². The van der Waals surface area contributed by atoms with Gasteiger partial charge < -0.3 is 14.2 Å². The van der Waals surface area contributed by atoms with Crippen molar-refractivity contribution < 1.29 is 23.8 Å². The van der Waals surface area contributed by atoms with Crippen LogP contribution in [0.25, 0.3) is 0 Å². The topological polar surface area (TPSA) is 77.4 Å². The first-order valence-corrected chi connectivity index (χ1v) is 10.5. The molecule has 7 nitrogen and oxygen atoms in total. The summed E-state index contributed by atoms with van der Waals surface area (Å²) >= 11 is 0. The zero-order chi connectivity index (χ0) is 23.4. The number of benzene rings is 3. The van der Waals surface area contributed by atoms with Crippen LogP contribution in [0.1, 0.15) is 40.9 Å². The number of esters is 1. The number of carbonyl (C=O) groups excluding carboxylic acids is 2. The van der Waals surface area contributed by atoms with Crippen LogP contribution in [0.15, 0.2) is 77.9 Å². The molecule has 0 radical (unpaired) electrons. The van der Waals surface area contributed by atoms with Gasteiger partial charge >= 0.3 is 5.97 Å². The van der Waals surface area contributed by atoms with Crippen molar-refractivity contribution in [2.45, 2.75) is 19.4 Å². The Morgan fingerprint density at radius 2 is 1.58 bits per heavy atom. The number of methoxy groups -OCH3 is 2. The Bertz CT molecular complexity index is 1210. The van der Waals surface area contributed by atoms with Crippen molar-refractivity contribution in [1.82, 2.24) is 5.01 Å². The Morgan fingerprint density at radius 3 is 2.27 bits per heavy atom. The van der Waals surface area contributed by atoms with Crippen molar-refractivity contribution in [2.24, 2.45) is 5.10 Å². The van der Waals surface area contributed by atoms with Crippen LogP contribution in [0.4, 0.5) is 0 Å². The Morgan fingerprint density at radius 1 is 0.879 bits per heavy atom. The van der Waals surface area contributed by atoms with Crippen LogP contribution in [0.3, 0.4) is 0 Å². The van der Waals surface area contributed by atoms with Gasteiger partial charge in [-0.25, -0.2) is 5.01 Å². The molecule has 0 fully saturated rings. The molecule has 0 bridgehead atoms. The molecule has 7 heteroatoms. The van der Waals surface area contributed by atoms with Gasteiger partial charge in [0.05, 0.1) is 26.0 Å². The first-order chi connectivity index (χ1) is 16.0. The van der Waals surface area contributed by atoms with E-state index < -0.39 is 5.97 Å². The summed E-state index contributed by atoms with van der Waals surface area (Å²) in [7, 11) is 3.14. The van der Waals surface area contributed by atoms with Gasteiger partial charge in [-0.2, -0.15) is 5.10 Å². The highest BCUT2D eigenvalue weighted by Gasteiger charge is 2.35. The lowest BCUT2D eigenvalue weighted by atomic mass is 9.97. The van der Waals surface area contributed by atoms with Gasteiger partial charge in [0.15, 0.2) is 11.5 Å². The summed E-state index contributed by atoms with van der Waals surface area (Å²) in [6.45, 7) is 1.35. The van der Waals surface area contributed by atoms with Crippen LogP contribution < -0.4 is 14.2 Å². The highest BCUT2D eigenvalue weighted by atomic mass is 16.5. The maximum Gasteiger partial charge on any atom is 0.308 e. The minimum absolute atomic E-state index is 0.227. The fourth-order valence-corrected chi connectivity index (χ4v) is 3.84. The Kier molecular flexibility index (Phi) is 6.40. The van der Waals surface area contributed by atoms with E-state index in [4.69, 9.17) is 19.3 Å². The quantitative estimate of drug-likeness (QED) is 0.410. The van der Waals surface area contributed by atoms with Crippen molar-refractivity contribution >= 4 is 17.6 Å². The van der Waals surface area contributed by atoms with Crippen molar-refractivity contribution in [3.63, 3.8) is 0 Å². The molecule has 1 amide bonds. The maximum atomic E-state index is 13.4. The standard InChI is InChI=1S/C26H24N2O5/c1-17(29)33-23-12-8-7-11-20(23)21-16-22(19-13-14-24(31-2)25(15-19)32-3)28(27-21)26(30)18-9-5-4-6-10-18/h4-15,22H,16H2,1-3H3. The second-order valence-electron chi connectivity index (χ2n) is 7.49. The number of carbonyl (C=O) groups is 2. The van der Waals surface area contributed by atoms with Crippen LogP contribution in [-0.4, -0.2) is 36.8 Å². The van der Waals surface area contributed by atoms with E-state index in [0.29, 0.717) is 40.5 Å². The number of para-hydroxylation sites is 1. The number of hydrazone groups is 1. The van der Waals surface area contributed by atoms with E-state index in [-0.39, 0.29) is 11.9 Å². The zero-order valence-corrected chi connectivity index (χ0v) is 18.6. The Hall–Kier alpha value is -4.13. The van der Waals surface area contributed by atoms with Crippen molar-refractivity contribution in [1.29, 1.82) is 0 Å². The molecule has 0 aliphatic carbocycles. The fourth-order valence-electron chi connectivity index (χ4n) is 3.84. The lowest BCUT2D eigenvalue weighted by Gasteiger charge is -2.23. The van der Waals surface area contributed by atoms with E-state index in [1.807, 2.05) is 48.5 Å². The lowest BCUT2D eigenvalue weighted by molar-refractivity contribution is -0.131. The molecule has 1 unspecified atom stereocenters. The molecule has 0 spiro atoms. The van der Waals surface area contributed by atoms with E-state index in [9.17, 15) is 9.59 Å². The number of ether oxygens (including phenoxy) is 3. The first-order valence-electron chi connectivity index (χ1n) is 10.5. The maximum absolute atomic E-state index is 13.4. The highest BCUT2D eigenvalue weighted by Crippen LogP contribution is 2.39. The number of amides is 1. The first kappa shape index (κ1) is 22.1. The van der Waals surface area contributed by atoms with Gasteiger partial charge in [-0.05, 0) is 42.0 Å². The van der Waals surface area contributed by atoms with Crippen molar-refractivity contribution in [3.8, 4) is 17.2 Å². The second-order valence-corrected chi connectivity index (χ2v) is 7.49.